The summed E-state index contributed by atoms with van der Waals surface area (Å²) in [5, 5.41) is 5.95. The van der Waals surface area contributed by atoms with Crippen LogP contribution in [0.4, 0.5) is 0 Å². The van der Waals surface area contributed by atoms with Crippen molar-refractivity contribution in [2.75, 3.05) is 0 Å². The molecule has 2 unspecified atom stereocenters. The average Bonchev–Trinajstić information content (AvgIpc) is 2.74. The van der Waals surface area contributed by atoms with Gasteiger partial charge in [0.25, 0.3) is 0 Å². The molecule has 1 aliphatic carbocycles. The molecule has 1 heterocycles. The van der Waals surface area contributed by atoms with E-state index >= 15 is 0 Å². The van der Waals surface area contributed by atoms with Gasteiger partial charge in [-0.3, -0.25) is 0 Å². The Morgan fingerprint density at radius 1 is 1.40 bits per heavy atom. The lowest BCUT2D eigenvalue weighted by Gasteiger charge is -2.32. The van der Waals surface area contributed by atoms with Crippen molar-refractivity contribution in [2.24, 2.45) is 5.92 Å². The first-order valence-electron chi connectivity index (χ1n) is 6.07. The van der Waals surface area contributed by atoms with Crippen molar-refractivity contribution in [2.45, 2.75) is 51.6 Å². The van der Waals surface area contributed by atoms with Crippen molar-refractivity contribution < 1.29 is 0 Å². The predicted octanol–water partition coefficient (Wildman–Crippen LogP) is 3.98. The summed E-state index contributed by atoms with van der Waals surface area (Å²) in [5.74, 6) is 0.848. The second kappa shape index (κ2) is 5.13. The molecule has 1 aromatic rings. The maximum Gasteiger partial charge on any atom is 0.0388 e. The zero-order chi connectivity index (χ0) is 10.7. The molecule has 1 N–H and O–H groups in total. The van der Waals surface area contributed by atoms with Crippen molar-refractivity contribution in [3.05, 3.63) is 22.4 Å². The van der Waals surface area contributed by atoms with Crippen molar-refractivity contribution in [3.63, 3.8) is 0 Å². The first-order chi connectivity index (χ1) is 7.27. The van der Waals surface area contributed by atoms with E-state index < -0.39 is 0 Å². The largest absolute Gasteiger partial charge is 0.306 e. The molecule has 0 spiro atoms. The zero-order valence-electron chi connectivity index (χ0n) is 9.70. The van der Waals surface area contributed by atoms with Gasteiger partial charge in [-0.15, -0.1) is 11.3 Å². The van der Waals surface area contributed by atoms with Crippen LogP contribution in [-0.4, -0.2) is 6.04 Å². The highest BCUT2D eigenvalue weighted by Crippen LogP contribution is 2.27. The van der Waals surface area contributed by atoms with E-state index in [9.17, 15) is 0 Å². The standard InChI is InChI=1S/C13H21NS/c1-10-6-3-4-7-12(10)14-11(2)13-8-5-9-15-13/h5,8-12,14H,3-4,6-7H2,1-2H3/t10?,11-,12?/m0/s1. The van der Waals surface area contributed by atoms with E-state index in [1.54, 1.807) is 0 Å². The fourth-order valence-electron chi connectivity index (χ4n) is 2.50. The lowest BCUT2D eigenvalue weighted by atomic mass is 9.85. The highest BCUT2D eigenvalue weighted by molar-refractivity contribution is 7.10. The summed E-state index contributed by atoms with van der Waals surface area (Å²) in [6, 6.07) is 5.63. The first kappa shape index (κ1) is 11.2. The third-order valence-corrected chi connectivity index (χ3v) is 4.60. The molecular formula is C13H21NS. The highest BCUT2D eigenvalue weighted by Gasteiger charge is 2.22. The van der Waals surface area contributed by atoms with Crippen molar-refractivity contribution in [3.8, 4) is 0 Å². The van der Waals surface area contributed by atoms with Gasteiger partial charge in [0, 0.05) is 17.0 Å². The average molecular weight is 223 g/mol. The van der Waals surface area contributed by atoms with Crippen LogP contribution >= 0.6 is 11.3 Å². The molecule has 0 amide bonds. The number of thiophene rings is 1. The molecule has 2 rings (SSSR count). The monoisotopic (exact) mass is 223 g/mol. The second-order valence-electron chi connectivity index (χ2n) is 4.77. The van der Waals surface area contributed by atoms with Gasteiger partial charge in [0.15, 0.2) is 0 Å². The van der Waals surface area contributed by atoms with Gasteiger partial charge >= 0.3 is 0 Å². The van der Waals surface area contributed by atoms with Gasteiger partial charge in [-0.25, -0.2) is 0 Å². The maximum absolute atomic E-state index is 3.78. The molecule has 2 heteroatoms. The maximum atomic E-state index is 3.78. The SMILES string of the molecule is CC1CCCCC1N[C@@H](C)c1cccs1. The topological polar surface area (TPSA) is 12.0 Å². The van der Waals surface area contributed by atoms with Crippen molar-refractivity contribution in [1.29, 1.82) is 0 Å². The van der Waals surface area contributed by atoms with Gasteiger partial charge in [0.1, 0.15) is 0 Å². The van der Waals surface area contributed by atoms with E-state index in [1.807, 2.05) is 11.3 Å². The van der Waals surface area contributed by atoms with Gasteiger partial charge in [-0.2, -0.15) is 0 Å². The van der Waals surface area contributed by atoms with Crippen molar-refractivity contribution in [1.82, 2.24) is 5.32 Å². The summed E-state index contributed by atoms with van der Waals surface area (Å²) in [6.07, 6.45) is 5.58. The molecular weight excluding hydrogens is 202 g/mol. The Labute approximate surface area is 96.9 Å². The Bertz CT molecular complexity index is 281. The Balaban J connectivity index is 1.90. The minimum atomic E-state index is 0.524. The van der Waals surface area contributed by atoms with E-state index in [0.717, 1.165) is 12.0 Å². The molecule has 3 atom stereocenters. The highest BCUT2D eigenvalue weighted by atomic mass is 32.1. The first-order valence-corrected chi connectivity index (χ1v) is 6.95. The third kappa shape index (κ3) is 2.82. The van der Waals surface area contributed by atoms with Crippen LogP contribution in [-0.2, 0) is 0 Å². The fourth-order valence-corrected chi connectivity index (χ4v) is 3.25. The van der Waals surface area contributed by atoms with E-state index in [4.69, 9.17) is 0 Å². The fraction of sp³-hybridized carbons (Fsp3) is 0.692. The molecule has 0 aliphatic heterocycles. The van der Waals surface area contributed by atoms with Crippen LogP contribution in [0.15, 0.2) is 17.5 Å². The molecule has 1 aromatic heterocycles. The third-order valence-electron chi connectivity index (χ3n) is 3.55. The lowest BCUT2D eigenvalue weighted by Crippen LogP contribution is -2.38. The van der Waals surface area contributed by atoms with Crippen LogP contribution < -0.4 is 5.32 Å². The van der Waals surface area contributed by atoms with E-state index in [1.165, 1.54) is 30.6 Å². The van der Waals surface area contributed by atoms with Crippen LogP contribution in [0, 0.1) is 5.92 Å². The van der Waals surface area contributed by atoms with Gasteiger partial charge < -0.3 is 5.32 Å². The Morgan fingerprint density at radius 3 is 2.87 bits per heavy atom. The van der Waals surface area contributed by atoms with Crippen LogP contribution in [0.25, 0.3) is 0 Å². The molecule has 1 saturated carbocycles. The summed E-state index contributed by atoms with van der Waals surface area (Å²) in [7, 11) is 0. The minimum absolute atomic E-state index is 0.524. The van der Waals surface area contributed by atoms with Crippen molar-refractivity contribution >= 4 is 11.3 Å². The molecule has 0 aromatic carbocycles. The quantitative estimate of drug-likeness (QED) is 0.817. The summed E-state index contributed by atoms with van der Waals surface area (Å²) in [5.41, 5.74) is 0. The molecule has 0 bridgehead atoms. The summed E-state index contributed by atoms with van der Waals surface area (Å²) in [6.45, 7) is 4.67. The van der Waals surface area contributed by atoms with Gasteiger partial charge in [0.2, 0.25) is 0 Å². The normalized spacial score (nSPS) is 28.9. The second-order valence-corrected chi connectivity index (χ2v) is 5.75. The Morgan fingerprint density at radius 2 is 2.20 bits per heavy atom. The van der Waals surface area contributed by atoms with E-state index in [0.29, 0.717) is 6.04 Å². The summed E-state index contributed by atoms with van der Waals surface area (Å²) < 4.78 is 0. The van der Waals surface area contributed by atoms with Gasteiger partial charge in [-0.1, -0.05) is 25.8 Å². The van der Waals surface area contributed by atoms with Crippen LogP contribution in [0.1, 0.15) is 50.4 Å². The predicted molar refractivity (Wildman–Crippen MR) is 67.3 cm³/mol. The Hall–Kier alpha value is -0.340. The minimum Gasteiger partial charge on any atom is -0.306 e. The molecule has 84 valence electrons. The van der Waals surface area contributed by atoms with Crippen LogP contribution in [0.3, 0.4) is 0 Å². The Kier molecular flexibility index (Phi) is 3.81. The van der Waals surface area contributed by atoms with E-state index in [-0.39, 0.29) is 0 Å². The number of nitrogens with one attached hydrogen (secondary N) is 1. The molecule has 0 radical (unpaired) electrons. The van der Waals surface area contributed by atoms with Crippen LogP contribution in [0.2, 0.25) is 0 Å². The molecule has 15 heavy (non-hydrogen) atoms. The van der Waals surface area contributed by atoms with Gasteiger partial charge in [0.05, 0.1) is 0 Å². The lowest BCUT2D eigenvalue weighted by molar-refractivity contribution is 0.264. The molecule has 1 nitrogen and oxygen atoms in total. The van der Waals surface area contributed by atoms with Crippen LogP contribution in [0.5, 0.6) is 0 Å². The molecule has 1 aliphatic rings. The smallest absolute Gasteiger partial charge is 0.0388 e. The zero-order valence-corrected chi connectivity index (χ0v) is 10.5. The molecule has 1 fully saturated rings. The number of hydrogen-bond acceptors (Lipinski definition) is 2. The van der Waals surface area contributed by atoms with Gasteiger partial charge in [-0.05, 0) is 37.1 Å². The summed E-state index contributed by atoms with van der Waals surface area (Å²) >= 11 is 1.86. The van der Waals surface area contributed by atoms with E-state index in [2.05, 4.69) is 36.7 Å². The number of hydrogen-bond donors (Lipinski definition) is 1. The molecule has 0 saturated heterocycles. The summed E-state index contributed by atoms with van der Waals surface area (Å²) in [4.78, 5) is 1.47. The number of rotatable bonds is 3.